The first-order chi connectivity index (χ1) is 7.10. The van der Waals surface area contributed by atoms with E-state index < -0.39 is 0 Å². The summed E-state index contributed by atoms with van der Waals surface area (Å²) in [5, 5.41) is 0.696. The van der Waals surface area contributed by atoms with E-state index in [0.29, 0.717) is 17.5 Å². The van der Waals surface area contributed by atoms with Gasteiger partial charge in [-0.3, -0.25) is 0 Å². The van der Waals surface area contributed by atoms with Gasteiger partial charge in [0.15, 0.2) is 0 Å². The average molecular weight is 228 g/mol. The van der Waals surface area contributed by atoms with Gasteiger partial charge >= 0.3 is 0 Å². The zero-order valence-electron chi connectivity index (χ0n) is 9.51. The van der Waals surface area contributed by atoms with E-state index in [-0.39, 0.29) is 0 Å². The van der Waals surface area contributed by atoms with Gasteiger partial charge in [0.25, 0.3) is 0 Å². The molecular weight excluding hydrogens is 210 g/mol. The lowest BCUT2D eigenvalue weighted by Gasteiger charge is -2.14. The molecule has 2 N–H and O–H groups in total. The Morgan fingerprint density at radius 3 is 2.67 bits per heavy atom. The molecule has 0 aromatic heterocycles. The standard InChI is InChI=1S/C12H18ClNO/c1-8(4-5-14)10-6-9(2)12(13)11(7-10)15-3/h6-8H,4-5,14H2,1-3H3. The van der Waals surface area contributed by atoms with Crippen molar-refractivity contribution in [1.29, 1.82) is 0 Å². The Labute approximate surface area is 96.4 Å². The largest absolute Gasteiger partial charge is 0.495 e. The van der Waals surface area contributed by atoms with Crippen LogP contribution in [0.1, 0.15) is 30.4 Å². The van der Waals surface area contributed by atoms with Crippen molar-refractivity contribution in [2.75, 3.05) is 13.7 Å². The normalized spacial score (nSPS) is 12.6. The molecule has 0 aliphatic rings. The quantitative estimate of drug-likeness (QED) is 0.858. The van der Waals surface area contributed by atoms with E-state index in [4.69, 9.17) is 22.1 Å². The van der Waals surface area contributed by atoms with E-state index in [1.54, 1.807) is 7.11 Å². The van der Waals surface area contributed by atoms with Crippen LogP contribution in [0.3, 0.4) is 0 Å². The van der Waals surface area contributed by atoms with Crippen molar-refractivity contribution in [3.63, 3.8) is 0 Å². The smallest absolute Gasteiger partial charge is 0.138 e. The molecule has 0 spiro atoms. The average Bonchev–Trinajstić information content (AvgIpc) is 2.22. The van der Waals surface area contributed by atoms with Gasteiger partial charge in [-0.05, 0) is 43.0 Å². The Balaban J connectivity index is 3.05. The van der Waals surface area contributed by atoms with E-state index in [9.17, 15) is 0 Å². The third-order valence-corrected chi connectivity index (χ3v) is 3.12. The van der Waals surface area contributed by atoms with Crippen LogP contribution in [0.4, 0.5) is 0 Å². The summed E-state index contributed by atoms with van der Waals surface area (Å²) in [5.74, 6) is 1.19. The maximum absolute atomic E-state index is 6.10. The summed E-state index contributed by atoms with van der Waals surface area (Å²) >= 11 is 6.10. The van der Waals surface area contributed by atoms with Crippen molar-refractivity contribution in [3.05, 3.63) is 28.3 Å². The fourth-order valence-electron chi connectivity index (χ4n) is 1.61. The number of halogens is 1. The number of nitrogens with two attached hydrogens (primary N) is 1. The van der Waals surface area contributed by atoms with Crippen molar-refractivity contribution >= 4 is 11.6 Å². The summed E-state index contributed by atoms with van der Waals surface area (Å²) in [7, 11) is 1.64. The van der Waals surface area contributed by atoms with Crippen LogP contribution in [0.25, 0.3) is 0 Å². The van der Waals surface area contributed by atoms with Crippen LogP contribution >= 0.6 is 11.6 Å². The maximum atomic E-state index is 6.10. The Morgan fingerprint density at radius 1 is 1.47 bits per heavy atom. The number of benzene rings is 1. The van der Waals surface area contributed by atoms with Crippen LogP contribution in [-0.2, 0) is 0 Å². The first kappa shape index (κ1) is 12.3. The summed E-state index contributed by atoms with van der Waals surface area (Å²) in [4.78, 5) is 0. The SMILES string of the molecule is COc1cc(C(C)CCN)cc(C)c1Cl. The molecule has 0 radical (unpaired) electrons. The van der Waals surface area contributed by atoms with Gasteiger partial charge in [0.05, 0.1) is 12.1 Å². The highest BCUT2D eigenvalue weighted by Crippen LogP contribution is 2.32. The summed E-state index contributed by atoms with van der Waals surface area (Å²) in [6, 6.07) is 4.10. The molecule has 0 aliphatic carbocycles. The monoisotopic (exact) mass is 227 g/mol. The second-order valence-corrected chi connectivity index (χ2v) is 4.21. The van der Waals surface area contributed by atoms with Gasteiger partial charge < -0.3 is 10.5 Å². The summed E-state index contributed by atoms with van der Waals surface area (Å²) < 4.78 is 5.23. The minimum atomic E-state index is 0.444. The molecule has 0 saturated carbocycles. The van der Waals surface area contributed by atoms with Gasteiger partial charge in [0, 0.05) is 0 Å². The van der Waals surface area contributed by atoms with Gasteiger partial charge in [-0.25, -0.2) is 0 Å². The number of hydrogen-bond acceptors (Lipinski definition) is 2. The van der Waals surface area contributed by atoms with Gasteiger partial charge in [-0.2, -0.15) is 0 Å². The van der Waals surface area contributed by atoms with E-state index in [1.807, 2.05) is 13.0 Å². The topological polar surface area (TPSA) is 35.2 Å². The molecule has 15 heavy (non-hydrogen) atoms. The molecule has 84 valence electrons. The zero-order chi connectivity index (χ0) is 11.4. The van der Waals surface area contributed by atoms with Crippen molar-refractivity contribution < 1.29 is 4.74 Å². The van der Waals surface area contributed by atoms with E-state index in [1.165, 1.54) is 5.56 Å². The highest BCUT2D eigenvalue weighted by molar-refractivity contribution is 6.32. The lowest BCUT2D eigenvalue weighted by molar-refractivity contribution is 0.413. The van der Waals surface area contributed by atoms with E-state index >= 15 is 0 Å². The number of aryl methyl sites for hydroxylation is 1. The summed E-state index contributed by atoms with van der Waals surface area (Å²) in [5.41, 5.74) is 7.83. The third kappa shape index (κ3) is 2.86. The molecule has 1 atom stereocenters. The minimum absolute atomic E-state index is 0.444. The number of rotatable bonds is 4. The van der Waals surface area contributed by atoms with Crippen molar-refractivity contribution in [2.24, 2.45) is 5.73 Å². The van der Waals surface area contributed by atoms with Crippen LogP contribution in [0, 0.1) is 6.92 Å². The Bertz CT molecular complexity index is 339. The molecule has 3 heteroatoms. The highest BCUT2D eigenvalue weighted by atomic mass is 35.5. The lowest BCUT2D eigenvalue weighted by Crippen LogP contribution is -2.05. The van der Waals surface area contributed by atoms with Gasteiger partial charge in [-0.1, -0.05) is 24.6 Å². The van der Waals surface area contributed by atoms with Crippen molar-refractivity contribution in [2.45, 2.75) is 26.2 Å². The minimum Gasteiger partial charge on any atom is -0.495 e. The van der Waals surface area contributed by atoms with Crippen molar-refractivity contribution in [3.8, 4) is 5.75 Å². The molecule has 0 aliphatic heterocycles. The second-order valence-electron chi connectivity index (χ2n) is 3.83. The fourth-order valence-corrected chi connectivity index (χ4v) is 1.80. The van der Waals surface area contributed by atoms with Crippen LogP contribution in [0.2, 0.25) is 5.02 Å². The number of hydrogen-bond donors (Lipinski definition) is 1. The first-order valence-electron chi connectivity index (χ1n) is 5.14. The zero-order valence-corrected chi connectivity index (χ0v) is 10.3. The van der Waals surface area contributed by atoms with Crippen LogP contribution in [0.5, 0.6) is 5.75 Å². The Hall–Kier alpha value is -0.730. The Morgan fingerprint density at radius 2 is 2.13 bits per heavy atom. The lowest BCUT2D eigenvalue weighted by atomic mass is 9.96. The molecule has 1 aromatic rings. The predicted octanol–water partition coefficient (Wildman–Crippen LogP) is 3.11. The first-order valence-corrected chi connectivity index (χ1v) is 5.52. The summed E-state index contributed by atoms with van der Waals surface area (Å²) in [6.45, 7) is 4.85. The molecular formula is C12H18ClNO. The number of methoxy groups -OCH3 is 1. The van der Waals surface area contributed by atoms with Gasteiger partial charge in [0.2, 0.25) is 0 Å². The highest BCUT2D eigenvalue weighted by Gasteiger charge is 2.10. The summed E-state index contributed by atoms with van der Waals surface area (Å²) in [6.07, 6.45) is 0.976. The molecule has 1 rings (SSSR count). The third-order valence-electron chi connectivity index (χ3n) is 2.63. The van der Waals surface area contributed by atoms with Crippen LogP contribution < -0.4 is 10.5 Å². The fraction of sp³-hybridized carbons (Fsp3) is 0.500. The van der Waals surface area contributed by atoms with Gasteiger partial charge in [0.1, 0.15) is 5.75 Å². The number of ether oxygens (including phenoxy) is 1. The molecule has 1 unspecified atom stereocenters. The molecule has 0 fully saturated rings. The Kier molecular flexibility index (Phi) is 4.43. The molecule has 0 heterocycles. The van der Waals surface area contributed by atoms with E-state index in [2.05, 4.69) is 13.0 Å². The maximum Gasteiger partial charge on any atom is 0.138 e. The van der Waals surface area contributed by atoms with Crippen molar-refractivity contribution in [1.82, 2.24) is 0 Å². The van der Waals surface area contributed by atoms with Gasteiger partial charge in [-0.15, -0.1) is 0 Å². The van der Waals surface area contributed by atoms with E-state index in [0.717, 1.165) is 17.7 Å². The second kappa shape index (κ2) is 5.38. The molecule has 0 amide bonds. The van der Waals surface area contributed by atoms with Crippen LogP contribution in [0.15, 0.2) is 12.1 Å². The van der Waals surface area contributed by atoms with Crippen LogP contribution in [-0.4, -0.2) is 13.7 Å². The molecule has 0 saturated heterocycles. The molecule has 1 aromatic carbocycles. The predicted molar refractivity (Wildman–Crippen MR) is 64.8 cm³/mol. The molecule has 0 bridgehead atoms. The molecule has 2 nitrogen and oxygen atoms in total.